The zero-order chi connectivity index (χ0) is 36.3. The van der Waals surface area contributed by atoms with E-state index in [0.717, 1.165) is 82.9 Å². The van der Waals surface area contributed by atoms with Crippen molar-refractivity contribution in [1.82, 2.24) is 29.3 Å². The lowest BCUT2D eigenvalue weighted by molar-refractivity contribution is 0.585. The van der Waals surface area contributed by atoms with Crippen LogP contribution in [0.15, 0.2) is 186 Å². The van der Waals surface area contributed by atoms with Crippen molar-refractivity contribution in [3.05, 3.63) is 182 Å². The van der Waals surface area contributed by atoms with E-state index in [1.54, 1.807) is 0 Å². The van der Waals surface area contributed by atoms with Gasteiger partial charge in [0.25, 0.3) is 0 Å². The van der Waals surface area contributed by atoms with Crippen LogP contribution in [0.1, 0.15) is 0 Å². The first-order chi connectivity index (χ1) is 27.3. The van der Waals surface area contributed by atoms with Crippen LogP contribution in [0.3, 0.4) is 0 Å². The number of aromatic nitrogens is 6. The minimum Gasteiger partial charge on any atom is -0.416 e. The average Bonchev–Trinajstić information content (AvgIpc) is 3.98. The maximum Gasteiger partial charge on any atom is 0.248 e. The fourth-order valence-corrected chi connectivity index (χ4v) is 7.87. The summed E-state index contributed by atoms with van der Waals surface area (Å²) in [6.07, 6.45) is 0. The van der Waals surface area contributed by atoms with Crippen molar-refractivity contribution in [2.24, 2.45) is 0 Å². The topological polar surface area (TPSA) is 74.6 Å². The monoisotopic (exact) mass is 706 g/mol. The number of hydrogen-bond donors (Lipinski definition) is 0. The lowest BCUT2D eigenvalue weighted by atomic mass is 10.1. The number of hydrogen-bond acceptors (Lipinski definition) is 5. The largest absolute Gasteiger partial charge is 0.416 e. The third kappa shape index (κ3) is 5.05. The quantitative estimate of drug-likeness (QED) is 0.172. The molecule has 11 rings (SSSR count). The summed E-state index contributed by atoms with van der Waals surface area (Å²) in [5, 5.41) is 13.6. The summed E-state index contributed by atoms with van der Waals surface area (Å²) in [4.78, 5) is 10.4. The molecule has 0 amide bonds. The van der Waals surface area contributed by atoms with Gasteiger partial charge in [0.15, 0.2) is 0 Å². The maximum absolute atomic E-state index is 6.56. The van der Waals surface area contributed by atoms with E-state index in [-0.39, 0.29) is 0 Å². The lowest BCUT2D eigenvalue weighted by Crippen LogP contribution is -2.04. The summed E-state index contributed by atoms with van der Waals surface area (Å²) < 4.78 is 11.0. The molecule has 55 heavy (non-hydrogen) atoms. The second-order valence-electron chi connectivity index (χ2n) is 13.6. The van der Waals surface area contributed by atoms with Gasteiger partial charge >= 0.3 is 0 Å². The Morgan fingerprint density at radius 3 is 1.65 bits per heavy atom. The first kappa shape index (κ1) is 30.9. The van der Waals surface area contributed by atoms with Gasteiger partial charge in [0.05, 0.1) is 33.5 Å². The maximum atomic E-state index is 6.56. The van der Waals surface area contributed by atoms with Crippen LogP contribution in [0.25, 0.3) is 101 Å². The van der Waals surface area contributed by atoms with Crippen LogP contribution in [0.5, 0.6) is 0 Å². The molecule has 7 nitrogen and oxygen atoms in total. The predicted octanol–water partition coefficient (Wildman–Crippen LogP) is 11.7. The van der Waals surface area contributed by atoms with Crippen LogP contribution in [0.4, 0.5) is 0 Å². The van der Waals surface area contributed by atoms with Crippen molar-refractivity contribution in [1.29, 1.82) is 0 Å². The summed E-state index contributed by atoms with van der Waals surface area (Å²) in [6, 6.07) is 62.4. The molecule has 0 aliphatic rings. The highest BCUT2D eigenvalue weighted by molar-refractivity contribution is 6.15. The van der Waals surface area contributed by atoms with Crippen LogP contribution < -0.4 is 0 Å². The van der Waals surface area contributed by atoms with E-state index < -0.39 is 0 Å². The molecule has 4 heterocycles. The van der Waals surface area contributed by atoms with Crippen LogP contribution >= 0.6 is 0 Å². The molecule has 0 N–H and O–H groups in total. The Bertz CT molecular complexity index is 3140. The molecule has 11 aromatic rings. The number of rotatable bonds is 6. The van der Waals surface area contributed by atoms with E-state index in [1.165, 1.54) is 0 Å². The molecule has 0 fully saturated rings. The Kier molecular flexibility index (Phi) is 7.03. The van der Waals surface area contributed by atoms with E-state index >= 15 is 0 Å². The standard InChI is InChI=1S/C48H30N6O/c1-4-15-31(16-5-1)39-30-40(32-17-6-2-7-18-32)50-48(49-39)54-42-25-13-11-22-36(42)45-37(23-14-26-44(45)54)47-52-51-46(55-47)33-27-28-43-38(29-33)35-21-10-12-24-41(35)53(43)34-19-8-3-9-20-34/h1-30H. The second-order valence-corrected chi connectivity index (χ2v) is 13.6. The highest BCUT2D eigenvalue weighted by Crippen LogP contribution is 2.40. The van der Waals surface area contributed by atoms with Crippen molar-refractivity contribution >= 4 is 43.6 Å². The van der Waals surface area contributed by atoms with Crippen molar-refractivity contribution in [3.8, 4) is 57.1 Å². The lowest BCUT2D eigenvalue weighted by Gasteiger charge is -2.11. The molecule has 0 aliphatic heterocycles. The smallest absolute Gasteiger partial charge is 0.248 e. The van der Waals surface area contributed by atoms with Gasteiger partial charge in [0.1, 0.15) is 0 Å². The van der Waals surface area contributed by atoms with E-state index in [2.05, 4.69) is 141 Å². The predicted molar refractivity (Wildman–Crippen MR) is 220 cm³/mol. The highest BCUT2D eigenvalue weighted by atomic mass is 16.4. The van der Waals surface area contributed by atoms with Gasteiger partial charge in [-0.15, -0.1) is 10.2 Å². The van der Waals surface area contributed by atoms with Crippen molar-refractivity contribution in [3.63, 3.8) is 0 Å². The molecule has 0 aliphatic carbocycles. The molecular formula is C48H30N6O. The van der Waals surface area contributed by atoms with Gasteiger partial charge in [-0.05, 0) is 60.7 Å². The summed E-state index contributed by atoms with van der Waals surface area (Å²) >= 11 is 0. The summed E-state index contributed by atoms with van der Waals surface area (Å²) in [7, 11) is 0. The zero-order valence-electron chi connectivity index (χ0n) is 29.4. The summed E-state index contributed by atoms with van der Waals surface area (Å²) in [5.41, 5.74) is 10.7. The first-order valence-electron chi connectivity index (χ1n) is 18.2. The van der Waals surface area contributed by atoms with Crippen LogP contribution in [0, 0.1) is 0 Å². The zero-order valence-corrected chi connectivity index (χ0v) is 29.4. The Hall–Kier alpha value is -7.64. The van der Waals surface area contributed by atoms with E-state index in [1.807, 2.05) is 60.7 Å². The fourth-order valence-electron chi connectivity index (χ4n) is 7.87. The van der Waals surface area contributed by atoms with E-state index in [4.69, 9.17) is 14.4 Å². The van der Waals surface area contributed by atoms with E-state index in [9.17, 15) is 0 Å². The highest BCUT2D eigenvalue weighted by Gasteiger charge is 2.22. The molecule has 0 atom stereocenters. The normalized spacial score (nSPS) is 11.6. The molecular weight excluding hydrogens is 677 g/mol. The molecule has 0 saturated carbocycles. The average molecular weight is 707 g/mol. The SMILES string of the molecule is c1ccc(-c2cc(-c3ccccc3)nc(-n3c4ccccc4c4c(-c5nnc(-c6ccc7c(c6)c6ccccc6n7-c6ccccc6)o5)cccc43)n2)cc1. The second kappa shape index (κ2) is 12.5. The van der Waals surface area contributed by atoms with Gasteiger partial charge < -0.3 is 8.98 Å². The number of nitrogens with zero attached hydrogens (tertiary/aromatic N) is 6. The third-order valence-electron chi connectivity index (χ3n) is 10.3. The Morgan fingerprint density at radius 1 is 0.382 bits per heavy atom. The minimum absolute atomic E-state index is 0.444. The molecule has 7 aromatic carbocycles. The first-order valence-corrected chi connectivity index (χ1v) is 18.2. The number of fused-ring (bicyclic) bond motifs is 6. The molecule has 258 valence electrons. The Morgan fingerprint density at radius 2 is 0.945 bits per heavy atom. The molecule has 0 saturated heterocycles. The summed E-state index contributed by atoms with van der Waals surface area (Å²) in [6.45, 7) is 0. The molecule has 0 radical (unpaired) electrons. The van der Waals surface area contributed by atoms with Crippen LogP contribution in [-0.4, -0.2) is 29.3 Å². The fraction of sp³-hybridized carbons (Fsp3) is 0. The minimum atomic E-state index is 0.444. The molecule has 4 aromatic heterocycles. The van der Waals surface area contributed by atoms with Crippen molar-refractivity contribution < 1.29 is 4.42 Å². The molecule has 0 spiro atoms. The molecule has 0 bridgehead atoms. The van der Waals surface area contributed by atoms with Crippen molar-refractivity contribution in [2.75, 3.05) is 0 Å². The summed E-state index contributed by atoms with van der Waals surface area (Å²) in [5.74, 6) is 1.48. The molecule has 7 heteroatoms. The molecule has 0 unspecified atom stereocenters. The van der Waals surface area contributed by atoms with Gasteiger partial charge in [0, 0.05) is 49.5 Å². The Balaban J connectivity index is 1.07. The number of benzene rings is 7. The van der Waals surface area contributed by atoms with Crippen LogP contribution in [0.2, 0.25) is 0 Å². The Labute approximate surface area is 315 Å². The van der Waals surface area contributed by atoms with Gasteiger partial charge in [0.2, 0.25) is 17.7 Å². The number of para-hydroxylation sites is 3. The van der Waals surface area contributed by atoms with E-state index in [0.29, 0.717) is 17.7 Å². The van der Waals surface area contributed by atoms with Gasteiger partial charge in [-0.2, -0.15) is 0 Å². The van der Waals surface area contributed by atoms with Gasteiger partial charge in [-0.25, -0.2) is 9.97 Å². The third-order valence-corrected chi connectivity index (χ3v) is 10.3. The van der Waals surface area contributed by atoms with Gasteiger partial charge in [-0.1, -0.05) is 121 Å². The van der Waals surface area contributed by atoms with Gasteiger partial charge in [-0.3, -0.25) is 4.57 Å². The van der Waals surface area contributed by atoms with Crippen molar-refractivity contribution in [2.45, 2.75) is 0 Å². The van der Waals surface area contributed by atoms with Crippen LogP contribution in [-0.2, 0) is 0 Å².